The van der Waals surface area contributed by atoms with Gasteiger partial charge in [-0.3, -0.25) is 9.59 Å². The van der Waals surface area contributed by atoms with Gasteiger partial charge in [0.2, 0.25) is 5.91 Å². The Morgan fingerprint density at radius 2 is 1.83 bits per heavy atom. The van der Waals surface area contributed by atoms with E-state index in [4.69, 9.17) is 9.47 Å². The number of anilines is 1. The highest BCUT2D eigenvalue weighted by Crippen LogP contribution is 2.38. The maximum atomic E-state index is 12.7. The lowest BCUT2D eigenvalue weighted by Gasteiger charge is -2.18. The van der Waals surface area contributed by atoms with Gasteiger partial charge in [0.25, 0.3) is 5.91 Å². The molecule has 0 unspecified atom stereocenters. The van der Waals surface area contributed by atoms with Crippen LogP contribution in [0.25, 0.3) is 0 Å². The highest BCUT2D eigenvalue weighted by Gasteiger charge is 2.28. The fourth-order valence-electron chi connectivity index (χ4n) is 3.30. The Hall–Kier alpha value is -2.42. The number of nitrogens with one attached hydrogen (secondary N) is 2. The molecule has 0 spiro atoms. The maximum Gasteiger partial charge on any atom is 0.341 e. The van der Waals surface area contributed by atoms with E-state index in [1.807, 2.05) is 13.8 Å². The zero-order chi connectivity index (χ0) is 21.6. The molecule has 1 aromatic heterocycles. The monoisotopic (exact) mass is 424 g/mol. The van der Waals surface area contributed by atoms with Crippen molar-refractivity contribution in [2.75, 3.05) is 19.0 Å². The van der Waals surface area contributed by atoms with Crippen molar-refractivity contribution in [3.05, 3.63) is 16.0 Å². The molecule has 0 radical (unpaired) electrons. The second-order valence-electron chi connectivity index (χ2n) is 7.45. The molecular formula is C20H28N2O6S. The van der Waals surface area contributed by atoms with Crippen LogP contribution in [0.1, 0.15) is 60.8 Å². The molecule has 2 N–H and O–H groups in total. The summed E-state index contributed by atoms with van der Waals surface area (Å²) in [6.07, 6.45) is 4.00. The van der Waals surface area contributed by atoms with Crippen LogP contribution in [0.5, 0.6) is 0 Å². The van der Waals surface area contributed by atoms with E-state index in [0.717, 1.165) is 36.1 Å². The Bertz CT molecular complexity index is 786. The number of hydrogen-bond donors (Lipinski definition) is 2. The van der Waals surface area contributed by atoms with Crippen molar-refractivity contribution in [3.63, 3.8) is 0 Å². The van der Waals surface area contributed by atoms with Gasteiger partial charge in [-0.15, -0.1) is 11.3 Å². The normalized spacial score (nSPS) is 14.0. The largest absolute Gasteiger partial charge is 0.467 e. The summed E-state index contributed by atoms with van der Waals surface area (Å²) in [5, 5.41) is 5.70. The fraction of sp³-hybridized carbons (Fsp3) is 0.600. The van der Waals surface area contributed by atoms with Crippen LogP contribution in [-0.2, 0) is 36.7 Å². The van der Waals surface area contributed by atoms with E-state index in [9.17, 15) is 19.2 Å². The number of aryl methyl sites for hydroxylation is 1. The summed E-state index contributed by atoms with van der Waals surface area (Å²) in [7, 11) is 1.26. The Balaban J connectivity index is 2.06. The van der Waals surface area contributed by atoms with Crippen molar-refractivity contribution in [2.45, 2.75) is 58.9 Å². The van der Waals surface area contributed by atoms with Crippen LogP contribution in [-0.4, -0.2) is 43.5 Å². The fourth-order valence-corrected chi connectivity index (χ4v) is 4.62. The first-order valence-corrected chi connectivity index (χ1v) is 10.5. The van der Waals surface area contributed by atoms with Crippen molar-refractivity contribution in [1.29, 1.82) is 0 Å². The number of fused-ring (bicyclic) bond motifs is 1. The van der Waals surface area contributed by atoms with E-state index in [2.05, 4.69) is 10.6 Å². The summed E-state index contributed by atoms with van der Waals surface area (Å²) in [4.78, 5) is 49.3. The van der Waals surface area contributed by atoms with Crippen LogP contribution in [0.3, 0.4) is 0 Å². The molecule has 2 amide bonds. The van der Waals surface area contributed by atoms with Gasteiger partial charge in [-0.1, -0.05) is 13.8 Å². The van der Waals surface area contributed by atoms with Crippen LogP contribution in [0.2, 0.25) is 0 Å². The second-order valence-corrected chi connectivity index (χ2v) is 8.55. The van der Waals surface area contributed by atoms with Crippen molar-refractivity contribution in [2.24, 2.45) is 5.92 Å². The third-order valence-corrected chi connectivity index (χ3v) is 5.73. The topological polar surface area (TPSA) is 111 Å². The molecule has 2 rings (SSSR count). The zero-order valence-electron chi connectivity index (χ0n) is 17.3. The highest BCUT2D eigenvalue weighted by molar-refractivity contribution is 7.17. The SMILES string of the molecule is COC(=O)[C@@H](CC(C)C)NC(=O)COC(=O)c1c(NC(C)=O)sc2c1CCCC2. The van der Waals surface area contributed by atoms with Crippen molar-refractivity contribution >= 4 is 40.1 Å². The standard InChI is InChI=1S/C20H28N2O6S/c1-11(2)9-14(19(25)27-4)22-16(24)10-28-20(26)17-13-7-5-6-8-15(13)29-18(17)21-12(3)23/h11,14H,5-10H2,1-4H3,(H,21,23)(H,22,24)/t14-/m1/s1. The van der Waals surface area contributed by atoms with Crippen LogP contribution >= 0.6 is 11.3 Å². The van der Waals surface area contributed by atoms with Crippen LogP contribution in [0, 0.1) is 5.92 Å². The maximum absolute atomic E-state index is 12.7. The van der Waals surface area contributed by atoms with Gasteiger partial charge in [0.05, 0.1) is 12.7 Å². The summed E-state index contributed by atoms with van der Waals surface area (Å²) >= 11 is 1.38. The van der Waals surface area contributed by atoms with Gasteiger partial charge in [0.1, 0.15) is 11.0 Å². The molecule has 8 nitrogen and oxygen atoms in total. The van der Waals surface area contributed by atoms with Gasteiger partial charge in [0, 0.05) is 11.8 Å². The molecule has 1 aliphatic carbocycles. The Morgan fingerprint density at radius 1 is 1.14 bits per heavy atom. The van der Waals surface area contributed by atoms with Crippen LogP contribution in [0.4, 0.5) is 5.00 Å². The zero-order valence-corrected chi connectivity index (χ0v) is 18.1. The minimum absolute atomic E-state index is 0.166. The van der Waals surface area contributed by atoms with E-state index in [-0.39, 0.29) is 11.8 Å². The molecule has 29 heavy (non-hydrogen) atoms. The predicted molar refractivity (Wildman–Crippen MR) is 109 cm³/mol. The lowest BCUT2D eigenvalue weighted by molar-refractivity contribution is -0.145. The Kier molecular flexibility index (Phi) is 8.19. The van der Waals surface area contributed by atoms with Gasteiger partial charge in [0.15, 0.2) is 6.61 Å². The first kappa shape index (κ1) is 22.9. The van der Waals surface area contributed by atoms with E-state index in [0.29, 0.717) is 17.0 Å². The number of carbonyl (C=O) groups excluding carboxylic acids is 4. The lowest BCUT2D eigenvalue weighted by atomic mass is 9.95. The van der Waals surface area contributed by atoms with Crippen LogP contribution < -0.4 is 10.6 Å². The molecular weight excluding hydrogens is 396 g/mol. The van der Waals surface area contributed by atoms with E-state index >= 15 is 0 Å². The van der Waals surface area contributed by atoms with Gasteiger partial charge < -0.3 is 20.1 Å². The molecule has 0 aromatic carbocycles. The molecule has 0 fully saturated rings. The molecule has 1 atom stereocenters. The van der Waals surface area contributed by atoms with Crippen molar-refractivity contribution < 1.29 is 28.7 Å². The molecule has 160 valence electrons. The van der Waals surface area contributed by atoms with Crippen LogP contribution in [0.15, 0.2) is 0 Å². The molecule has 1 aromatic rings. The molecule has 0 saturated heterocycles. The predicted octanol–water partition coefficient (Wildman–Crippen LogP) is 2.45. The molecule has 0 aliphatic heterocycles. The van der Waals surface area contributed by atoms with E-state index < -0.39 is 30.5 Å². The summed E-state index contributed by atoms with van der Waals surface area (Å²) in [6, 6.07) is -0.796. The number of esters is 2. The quantitative estimate of drug-likeness (QED) is 0.620. The number of methoxy groups -OCH3 is 1. The highest BCUT2D eigenvalue weighted by atomic mass is 32.1. The number of rotatable bonds is 8. The summed E-state index contributed by atoms with van der Waals surface area (Å²) in [5.74, 6) is -1.89. The third-order valence-electron chi connectivity index (χ3n) is 4.53. The number of amides is 2. The average Bonchev–Trinajstić information content (AvgIpc) is 3.01. The smallest absolute Gasteiger partial charge is 0.341 e. The van der Waals surface area contributed by atoms with E-state index in [1.54, 1.807) is 0 Å². The second kappa shape index (κ2) is 10.4. The Labute approximate surface area is 174 Å². The first-order chi connectivity index (χ1) is 13.7. The van der Waals surface area contributed by atoms with Gasteiger partial charge in [-0.05, 0) is 43.6 Å². The van der Waals surface area contributed by atoms with Gasteiger partial charge in [-0.25, -0.2) is 9.59 Å². The molecule has 0 bridgehead atoms. The third kappa shape index (κ3) is 6.28. The number of hydrogen-bond acceptors (Lipinski definition) is 7. The summed E-state index contributed by atoms with van der Waals surface area (Å²) in [5.41, 5.74) is 1.22. The molecule has 0 saturated carbocycles. The van der Waals surface area contributed by atoms with Gasteiger partial charge >= 0.3 is 11.9 Å². The molecule has 1 heterocycles. The average molecular weight is 425 g/mol. The molecule has 9 heteroatoms. The summed E-state index contributed by atoms with van der Waals surface area (Å²) in [6.45, 7) is 4.70. The Morgan fingerprint density at radius 3 is 2.45 bits per heavy atom. The minimum atomic E-state index is -0.796. The number of carbonyl (C=O) groups is 4. The summed E-state index contributed by atoms with van der Waals surface area (Å²) < 4.78 is 9.92. The van der Waals surface area contributed by atoms with Crippen molar-refractivity contribution in [1.82, 2.24) is 5.32 Å². The van der Waals surface area contributed by atoms with Crippen molar-refractivity contribution in [3.8, 4) is 0 Å². The lowest BCUT2D eigenvalue weighted by Crippen LogP contribution is -2.44. The minimum Gasteiger partial charge on any atom is -0.467 e. The number of thiophene rings is 1. The van der Waals surface area contributed by atoms with E-state index in [1.165, 1.54) is 25.4 Å². The molecule has 1 aliphatic rings. The first-order valence-electron chi connectivity index (χ1n) is 9.69. The van der Waals surface area contributed by atoms with Gasteiger partial charge in [-0.2, -0.15) is 0 Å². The number of ether oxygens (including phenoxy) is 2.